The predicted octanol–water partition coefficient (Wildman–Crippen LogP) is 1.40. The van der Waals surface area contributed by atoms with Gasteiger partial charge < -0.3 is 15.0 Å². The van der Waals surface area contributed by atoms with Crippen LogP contribution in [-0.4, -0.2) is 49.7 Å². The number of hydrogen-bond donors (Lipinski definition) is 1. The van der Waals surface area contributed by atoms with Gasteiger partial charge in [0.2, 0.25) is 5.91 Å². The van der Waals surface area contributed by atoms with Crippen molar-refractivity contribution >= 4 is 5.91 Å². The van der Waals surface area contributed by atoms with E-state index >= 15 is 0 Å². The van der Waals surface area contributed by atoms with Crippen molar-refractivity contribution in [1.29, 1.82) is 0 Å². The largest absolute Gasteiger partial charge is 0.381 e. The third-order valence-corrected chi connectivity index (χ3v) is 4.39. The summed E-state index contributed by atoms with van der Waals surface area (Å²) in [4.78, 5) is 14.5. The minimum absolute atomic E-state index is 0.271. The number of carbonyl (C=O) groups excluding carboxylic acids is 1. The number of ether oxygens (including phenoxy) is 1. The number of carbonyl (C=O) groups is 1. The molecule has 2 heterocycles. The second-order valence-corrected chi connectivity index (χ2v) is 5.73. The number of amides is 1. The standard InChI is InChI=1S/C14H26N2O2/c1-3-14(7-5-8-15-14)13(17)16(2)10-12-6-4-9-18-11-12/h12,15H,3-11H2,1-2H3. The lowest BCUT2D eigenvalue weighted by molar-refractivity contribution is -0.137. The first-order valence-electron chi connectivity index (χ1n) is 7.26. The van der Waals surface area contributed by atoms with Crippen LogP contribution in [0, 0.1) is 5.92 Å². The summed E-state index contributed by atoms with van der Waals surface area (Å²) in [6.45, 7) is 5.61. The van der Waals surface area contributed by atoms with Crippen molar-refractivity contribution in [3.8, 4) is 0 Å². The Morgan fingerprint density at radius 2 is 2.33 bits per heavy atom. The smallest absolute Gasteiger partial charge is 0.242 e. The van der Waals surface area contributed by atoms with Gasteiger partial charge in [0.25, 0.3) is 0 Å². The summed E-state index contributed by atoms with van der Waals surface area (Å²) in [5.74, 6) is 0.788. The number of nitrogens with one attached hydrogen (secondary N) is 1. The minimum Gasteiger partial charge on any atom is -0.381 e. The van der Waals surface area contributed by atoms with Crippen LogP contribution < -0.4 is 5.32 Å². The van der Waals surface area contributed by atoms with E-state index in [9.17, 15) is 4.79 Å². The molecule has 4 nitrogen and oxygen atoms in total. The molecule has 1 amide bonds. The fourth-order valence-corrected chi connectivity index (χ4v) is 3.23. The molecule has 0 aromatic carbocycles. The summed E-state index contributed by atoms with van der Waals surface area (Å²) >= 11 is 0. The molecule has 0 aromatic heterocycles. The number of hydrogen-bond acceptors (Lipinski definition) is 3. The lowest BCUT2D eigenvalue weighted by atomic mass is 9.91. The van der Waals surface area contributed by atoms with Gasteiger partial charge in [-0.3, -0.25) is 4.79 Å². The van der Waals surface area contributed by atoms with Crippen molar-refractivity contribution in [2.45, 2.75) is 44.6 Å². The Bertz CT molecular complexity index is 282. The van der Waals surface area contributed by atoms with E-state index in [0.717, 1.165) is 52.0 Å². The Labute approximate surface area is 110 Å². The SMILES string of the molecule is CCC1(C(=O)N(C)CC2CCCOC2)CCCN1. The van der Waals surface area contributed by atoms with Gasteiger partial charge in [-0.15, -0.1) is 0 Å². The lowest BCUT2D eigenvalue weighted by Gasteiger charge is -2.34. The van der Waals surface area contributed by atoms with Crippen molar-refractivity contribution in [2.24, 2.45) is 5.92 Å². The molecule has 104 valence electrons. The van der Waals surface area contributed by atoms with Crippen LogP contribution in [0.25, 0.3) is 0 Å². The molecule has 2 fully saturated rings. The average Bonchev–Trinajstić information content (AvgIpc) is 2.89. The minimum atomic E-state index is -0.287. The fraction of sp³-hybridized carbons (Fsp3) is 0.929. The second kappa shape index (κ2) is 6.02. The van der Waals surface area contributed by atoms with Crippen molar-refractivity contribution < 1.29 is 9.53 Å². The maximum atomic E-state index is 12.6. The van der Waals surface area contributed by atoms with Gasteiger partial charge in [-0.05, 0) is 44.6 Å². The van der Waals surface area contributed by atoms with Crippen molar-refractivity contribution in [1.82, 2.24) is 10.2 Å². The third-order valence-electron chi connectivity index (χ3n) is 4.39. The van der Waals surface area contributed by atoms with Crippen LogP contribution in [0.3, 0.4) is 0 Å². The van der Waals surface area contributed by atoms with E-state index in [-0.39, 0.29) is 11.4 Å². The van der Waals surface area contributed by atoms with Gasteiger partial charge in [0.1, 0.15) is 0 Å². The maximum Gasteiger partial charge on any atom is 0.242 e. The molecule has 2 saturated heterocycles. The Morgan fingerprint density at radius 1 is 1.50 bits per heavy atom. The van der Waals surface area contributed by atoms with Crippen LogP contribution >= 0.6 is 0 Å². The molecular formula is C14H26N2O2. The zero-order valence-electron chi connectivity index (χ0n) is 11.7. The molecule has 18 heavy (non-hydrogen) atoms. The average molecular weight is 254 g/mol. The number of nitrogens with zero attached hydrogens (tertiary/aromatic N) is 1. The van der Waals surface area contributed by atoms with Gasteiger partial charge in [-0.2, -0.15) is 0 Å². The number of likely N-dealkylation sites (N-methyl/N-ethyl adjacent to an activating group) is 1. The van der Waals surface area contributed by atoms with E-state index in [1.807, 2.05) is 11.9 Å². The molecule has 0 radical (unpaired) electrons. The highest BCUT2D eigenvalue weighted by atomic mass is 16.5. The highest BCUT2D eigenvalue weighted by molar-refractivity contribution is 5.86. The summed E-state index contributed by atoms with van der Waals surface area (Å²) in [6, 6.07) is 0. The Balaban J connectivity index is 1.90. The Morgan fingerprint density at radius 3 is 2.89 bits per heavy atom. The summed E-state index contributed by atoms with van der Waals surface area (Å²) < 4.78 is 5.49. The van der Waals surface area contributed by atoms with Crippen molar-refractivity contribution in [2.75, 3.05) is 33.4 Å². The van der Waals surface area contributed by atoms with Crippen LogP contribution in [0.4, 0.5) is 0 Å². The van der Waals surface area contributed by atoms with Crippen LogP contribution in [0.15, 0.2) is 0 Å². The first-order valence-corrected chi connectivity index (χ1v) is 7.26. The zero-order valence-corrected chi connectivity index (χ0v) is 11.7. The van der Waals surface area contributed by atoms with Crippen molar-refractivity contribution in [3.05, 3.63) is 0 Å². The van der Waals surface area contributed by atoms with E-state index < -0.39 is 0 Å². The fourth-order valence-electron chi connectivity index (χ4n) is 3.23. The molecule has 0 saturated carbocycles. The van der Waals surface area contributed by atoms with Crippen LogP contribution in [-0.2, 0) is 9.53 Å². The van der Waals surface area contributed by atoms with Gasteiger partial charge in [0.15, 0.2) is 0 Å². The molecule has 2 rings (SSSR count). The molecule has 2 unspecified atom stereocenters. The molecule has 4 heteroatoms. The molecule has 2 atom stereocenters. The van der Waals surface area contributed by atoms with Gasteiger partial charge in [0, 0.05) is 20.2 Å². The van der Waals surface area contributed by atoms with Gasteiger partial charge >= 0.3 is 0 Å². The first-order chi connectivity index (χ1) is 8.68. The predicted molar refractivity (Wildman–Crippen MR) is 71.4 cm³/mol. The van der Waals surface area contributed by atoms with E-state index in [2.05, 4.69) is 12.2 Å². The monoisotopic (exact) mass is 254 g/mol. The van der Waals surface area contributed by atoms with E-state index in [1.165, 1.54) is 6.42 Å². The van der Waals surface area contributed by atoms with Crippen molar-refractivity contribution in [3.63, 3.8) is 0 Å². The molecule has 0 bridgehead atoms. The van der Waals surface area contributed by atoms with Gasteiger partial charge in [-0.1, -0.05) is 6.92 Å². The summed E-state index contributed by atoms with van der Waals surface area (Å²) in [7, 11) is 1.94. The molecular weight excluding hydrogens is 228 g/mol. The highest BCUT2D eigenvalue weighted by Gasteiger charge is 2.41. The quantitative estimate of drug-likeness (QED) is 0.824. The zero-order chi connectivity index (χ0) is 13.0. The highest BCUT2D eigenvalue weighted by Crippen LogP contribution is 2.26. The Hall–Kier alpha value is -0.610. The topological polar surface area (TPSA) is 41.6 Å². The van der Waals surface area contributed by atoms with E-state index in [4.69, 9.17) is 4.74 Å². The molecule has 1 N–H and O–H groups in total. The summed E-state index contributed by atoms with van der Waals surface area (Å²) in [5, 5.41) is 3.42. The van der Waals surface area contributed by atoms with Crippen LogP contribution in [0.5, 0.6) is 0 Å². The molecule has 2 aliphatic rings. The Kier molecular flexibility index (Phi) is 4.62. The maximum absolute atomic E-state index is 12.6. The number of rotatable bonds is 4. The van der Waals surface area contributed by atoms with Gasteiger partial charge in [-0.25, -0.2) is 0 Å². The lowest BCUT2D eigenvalue weighted by Crippen LogP contribution is -2.54. The summed E-state index contributed by atoms with van der Waals surface area (Å²) in [5.41, 5.74) is -0.287. The third kappa shape index (κ3) is 2.86. The molecule has 0 aromatic rings. The van der Waals surface area contributed by atoms with Gasteiger partial charge in [0.05, 0.1) is 12.1 Å². The normalized spacial score (nSPS) is 32.4. The first kappa shape index (κ1) is 13.8. The van der Waals surface area contributed by atoms with E-state index in [0.29, 0.717) is 5.92 Å². The molecule has 0 aliphatic carbocycles. The summed E-state index contributed by atoms with van der Waals surface area (Å²) in [6.07, 6.45) is 5.29. The molecule has 2 aliphatic heterocycles. The van der Waals surface area contributed by atoms with E-state index in [1.54, 1.807) is 0 Å². The molecule has 0 spiro atoms. The van der Waals surface area contributed by atoms with Crippen LogP contribution in [0.1, 0.15) is 39.0 Å². The van der Waals surface area contributed by atoms with Crippen LogP contribution in [0.2, 0.25) is 0 Å². The second-order valence-electron chi connectivity index (χ2n) is 5.73.